The van der Waals surface area contributed by atoms with E-state index in [0.717, 1.165) is 35.6 Å². The maximum absolute atomic E-state index is 12.6. The summed E-state index contributed by atoms with van der Waals surface area (Å²) < 4.78 is 1.70. The number of carbonyl (C=O) groups excluding carboxylic acids is 1. The zero-order chi connectivity index (χ0) is 19.5. The topological polar surface area (TPSA) is 63.1 Å². The van der Waals surface area contributed by atoms with Gasteiger partial charge in [-0.05, 0) is 62.1 Å². The first kappa shape index (κ1) is 18.2. The molecular weight excluding hydrogens is 350 g/mol. The molecule has 3 aromatic rings. The zero-order valence-corrected chi connectivity index (χ0v) is 16.4. The number of rotatable bonds is 5. The van der Waals surface area contributed by atoms with Crippen LogP contribution in [0, 0.1) is 13.8 Å². The van der Waals surface area contributed by atoms with Crippen LogP contribution in [0.5, 0.6) is 0 Å². The van der Waals surface area contributed by atoms with Crippen LogP contribution in [-0.2, 0) is 6.54 Å². The molecule has 28 heavy (non-hydrogen) atoms. The van der Waals surface area contributed by atoms with Crippen LogP contribution in [0.25, 0.3) is 5.69 Å². The third-order valence-electron chi connectivity index (χ3n) is 5.22. The van der Waals surface area contributed by atoms with Crippen molar-refractivity contribution in [2.24, 2.45) is 0 Å². The van der Waals surface area contributed by atoms with E-state index >= 15 is 0 Å². The summed E-state index contributed by atoms with van der Waals surface area (Å²) in [4.78, 5) is 15.0. The van der Waals surface area contributed by atoms with E-state index in [4.69, 9.17) is 0 Å². The van der Waals surface area contributed by atoms with Crippen molar-refractivity contribution in [1.29, 1.82) is 0 Å². The lowest BCUT2D eigenvalue weighted by molar-refractivity contribution is 0.0945. The van der Waals surface area contributed by atoms with Gasteiger partial charge in [-0.2, -0.15) is 0 Å². The summed E-state index contributed by atoms with van der Waals surface area (Å²) in [5.74, 6) is -0.208. The van der Waals surface area contributed by atoms with Gasteiger partial charge in [-0.1, -0.05) is 29.5 Å². The number of nitrogens with one attached hydrogen (secondary N) is 1. The molecule has 2 aromatic carbocycles. The van der Waals surface area contributed by atoms with Gasteiger partial charge in [0.05, 0.1) is 11.4 Å². The number of aryl methyl sites for hydroxylation is 1. The highest BCUT2D eigenvalue weighted by atomic mass is 16.2. The summed E-state index contributed by atoms with van der Waals surface area (Å²) in [5, 5.41) is 11.2. The van der Waals surface area contributed by atoms with E-state index in [1.165, 1.54) is 18.5 Å². The molecule has 0 atom stereocenters. The van der Waals surface area contributed by atoms with E-state index in [2.05, 4.69) is 44.8 Å². The fourth-order valence-corrected chi connectivity index (χ4v) is 3.61. The second-order valence-corrected chi connectivity index (χ2v) is 7.32. The molecule has 0 bridgehead atoms. The lowest BCUT2D eigenvalue weighted by Crippen LogP contribution is -2.24. The molecule has 1 fully saturated rings. The number of hydrogen-bond acceptors (Lipinski definition) is 4. The second kappa shape index (κ2) is 7.84. The smallest absolute Gasteiger partial charge is 0.274 e. The van der Waals surface area contributed by atoms with E-state index in [1.54, 1.807) is 4.68 Å². The first-order chi connectivity index (χ1) is 13.6. The van der Waals surface area contributed by atoms with Crippen LogP contribution in [0.1, 0.15) is 40.2 Å². The fourth-order valence-electron chi connectivity index (χ4n) is 3.61. The summed E-state index contributed by atoms with van der Waals surface area (Å²) in [6.07, 6.45) is 2.53. The van der Waals surface area contributed by atoms with E-state index in [0.29, 0.717) is 12.2 Å². The van der Waals surface area contributed by atoms with Crippen LogP contribution >= 0.6 is 0 Å². The van der Waals surface area contributed by atoms with Crippen molar-refractivity contribution in [3.63, 3.8) is 0 Å². The van der Waals surface area contributed by atoms with Gasteiger partial charge in [0, 0.05) is 25.3 Å². The van der Waals surface area contributed by atoms with Crippen molar-refractivity contribution in [1.82, 2.24) is 20.3 Å². The Balaban J connectivity index is 1.41. The Hall–Kier alpha value is -3.15. The summed E-state index contributed by atoms with van der Waals surface area (Å²) in [5.41, 5.74) is 5.45. The van der Waals surface area contributed by atoms with Gasteiger partial charge in [0.1, 0.15) is 0 Å². The van der Waals surface area contributed by atoms with Crippen molar-refractivity contribution in [3.05, 3.63) is 71.0 Å². The standard InChI is InChI=1S/C22H25N5O/c1-16-6-5-7-20(14-16)27-17(2)21(24-25-27)22(28)23-15-18-8-10-19(11-9-18)26-12-3-4-13-26/h5-11,14H,3-4,12-13,15H2,1-2H3,(H,23,28). The maximum Gasteiger partial charge on any atom is 0.274 e. The van der Waals surface area contributed by atoms with E-state index in [9.17, 15) is 4.79 Å². The molecule has 0 saturated carbocycles. The minimum absolute atomic E-state index is 0.208. The SMILES string of the molecule is Cc1cccc(-n2nnc(C(=O)NCc3ccc(N4CCCC4)cc3)c2C)c1. The Kier molecular flexibility index (Phi) is 5.10. The maximum atomic E-state index is 12.6. The highest BCUT2D eigenvalue weighted by molar-refractivity contribution is 5.93. The first-order valence-electron chi connectivity index (χ1n) is 9.73. The van der Waals surface area contributed by atoms with E-state index in [-0.39, 0.29) is 5.91 Å². The van der Waals surface area contributed by atoms with Crippen LogP contribution < -0.4 is 10.2 Å². The number of benzene rings is 2. The van der Waals surface area contributed by atoms with E-state index < -0.39 is 0 Å². The molecule has 1 aliphatic rings. The number of nitrogens with zero attached hydrogens (tertiary/aromatic N) is 4. The van der Waals surface area contributed by atoms with Crippen molar-refractivity contribution >= 4 is 11.6 Å². The zero-order valence-electron chi connectivity index (χ0n) is 16.4. The summed E-state index contributed by atoms with van der Waals surface area (Å²) >= 11 is 0. The van der Waals surface area contributed by atoms with Gasteiger partial charge in [-0.3, -0.25) is 4.79 Å². The van der Waals surface area contributed by atoms with Crippen LogP contribution in [0.2, 0.25) is 0 Å². The number of amides is 1. The van der Waals surface area contributed by atoms with Gasteiger partial charge in [-0.15, -0.1) is 5.10 Å². The fraction of sp³-hybridized carbons (Fsp3) is 0.318. The van der Waals surface area contributed by atoms with Crippen LogP contribution in [0.4, 0.5) is 5.69 Å². The normalized spacial score (nSPS) is 13.7. The average Bonchev–Trinajstić information content (AvgIpc) is 3.36. The van der Waals surface area contributed by atoms with Gasteiger partial charge in [0.2, 0.25) is 0 Å². The molecule has 1 saturated heterocycles. The average molecular weight is 375 g/mol. The Morgan fingerprint density at radius 3 is 2.50 bits per heavy atom. The van der Waals surface area contributed by atoms with Crippen LogP contribution in [0.15, 0.2) is 48.5 Å². The quantitative estimate of drug-likeness (QED) is 0.742. The molecule has 2 heterocycles. The third-order valence-corrected chi connectivity index (χ3v) is 5.22. The molecule has 6 heteroatoms. The molecule has 0 spiro atoms. The molecule has 0 unspecified atom stereocenters. The molecule has 6 nitrogen and oxygen atoms in total. The van der Waals surface area contributed by atoms with Crippen LogP contribution in [-0.4, -0.2) is 34.0 Å². The predicted molar refractivity (Wildman–Crippen MR) is 110 cm³/mol. The Labute approximate surface area is 165 Å². The molecule has 1 amide bonds. The number of hydrogen-bond donors (Lipinski definition) is 1. The highest BCUT2D eigenvalue weighted by Crippen LogP contribution is 2.20. The summed E-state index contributed by atoms with van der Waals surface area (Å²) in [6, 6.07) is 16.4. The Morgan fingerprint density at radius 1 is 1.04 bits per heavy atom. The minimum atomic E-state index is -0.208. The monoisotopic (exact) mass is 375 g/mol. The third kappa shape index (κ3) is 3.76. The van der Waals surface area contributed by atoms with Crippen molar-refractivity contribution < 1.29 is 4.79 Å². The van der Waals surface area contributed by atoms with Gasteiger partial charge >= 0.3 is 0 Å². The van der Waals surface area contributed by atoms with Crippen molar-refractivity contribution in [3.8, 4) is 5.69 Å². The van der Waals surface area contributed by atoms with Gasteiger partial charge in [0.25, 0.3) is 5.91 Å². The molecule has 0 aliphatic carbocycles. The Bertz CT molecular complexity index is 971. The minimum Gasteiger partial charge on any atom is -0.372 e. The first-order valence-corrected chi connectivity index (χ1v) is 9.73. The molecular formula is C22H25N5O. The largest absolute Gasteiger partial charge is 0.372 e. The molecule has 1 aromatic heterocycles. The second-order valence-electron chi connectivity index (χ2n) is 7.32. The molecule has 0 radical (unpaired) electrons. The summed E-state index contributed by atoms with van der Waals surface area (Å²) in [6.45, 7) is 6.62. The number of carbonyl (C=O) groups is 1. The van der Waals surface area contributed by atoms with Gasteiger partial charge in [-0.25, -0.2) is 4.68 Å². The van der Waals surface area contributed by atoms with E-state index in [1.807, 2.05) is 38.1 Å². The van der Waals surface area contributed by atoms with Gasteiger partial charge < -0.3 is 10.2 Å². The number of anilines is 1. The van der Waals surface area contributed by atoms with Crippen molar-refractivity contribution in [2.75, 3.05) is 18.0 Å². The highest BCUT2D eigenvalue weighted by Gasteiger charge is 2.17. The van der Waals surface area contributed by atoms with Crippen molar-refractivity contribution in [2.45, 2.75) is 33.2 Å². The Morgan fingerprint density at radius 2 is 1.79 bits per heavy atom. The van der Waals surface area contributed by atoms with Gasteiger partial charge in [0.15, 0.2) is 5.69 Å². The lowest BCUT2D eigenvalue weighted by Gasteiger charge is -2.17. The lowest BCUT2D eigenvalue weighted by atomic mass is 10.2. The van der Waals surface area contributed by atoms with Crippen LogP contribution in [0.3, 0.4) is 0 Å². The molecule has 144 valence electrons. The molecule has 1 N–H and O–H groups in total. The number of aromatic nitrogens is 3. The molecule has 4 rings (SSSR count). The predicted octanol–water partition coefficient (Wildman–Crippen LogP) is 3.41. The molecule has 1 aliphatic heterocycles. The summed E-state index contributed by atoms with van der Waals surface area (Å²) in [7, 11) is 0.